The van der Waals surface area contributed by atoms with Crippen molar-refractivity contribution in [3.63, 3.8) is 0 Å². The van der Waals surface area contributed by atoms with Crippen molar-refractivity contribution in [3.05, 3.63) is 47.9 Å². The van der Waals surface area contributed by atoms with Gasteiger partial charge in [-0.3, -0.25) is 0 Å². The van der Waals surface area contributed by atoms with Crippen LogP contribution in [0.25, 0.3) is 11.1 Å². The van der Waals surface area contributed by atoms with Gasteiger partial charge in [0.1, 0.15) is 5.52 Å². The smallest absolute Gasteiger partial charge is 0.192 e. The van der Waals surface area contributed by atoms with Crippen LogP contribution in [0.1, 0.15) is 11.5 Å². The minimum absolute atomic E-state index is 0.676. The van der Waals surface area contributed by atoms with E-state index in [0.29, 0.717) is 5.89 Å². The molecule has 2 aromatic carbocycles. The van der Waals surface area contributed by atoms with Gasteiger partial charge in [-0.1, -0.05) is 12.1 Å². The van der Waals surface area contributed by atoms with E-state index in [1.54, 1.807) is 0 Å². The Morgan fingerprint density at radius 2 is 1.95 bits per heavy atom. The summed E-state index contributed by atoms with van der Waals surface area (Å²) < 4.78 is 5.50. The molecular formula is C16H17N3O. The van der Waals surface area contributed by atoms with E-state index in [0.717, 1.165) is 33.7 Å². The fourth-order valence-corrected chi connectivity index (χ4v) is 2.51. The molecular weight excluding hydrogens is 250 g/mol. The van der Waals surface area contributed by atoms with Crippen molar-refractivity contribution in [1.82, 2.24) is 4.98 Å². The van der Waals surface area contributed by atoms with Gasteiger partial charge < -0.3 is 15.1 Å². The van der Waals surface area contributed by atoms with Crippen molar-refractivity contribution < 1.29 is 4.42 Å². The molecule has 0 saturated carbocycles. The average Bonchev–Trinajstić information content (AvgIpc) is 2.77. The number of oxazole rings is 1. The van der Waals surface area contributed by atoms with E-state index >= 15 is 0 Å². The lowest BCUT2D eigenvalue weighted by Crippen LogP contribution is -2.13. The van der Waals surface area contributed by atoms with Crippen LogP contribution in [-0.4, -0.2) is 12.0 Å². The molecule has 0 radical (unpaired) electrons. The normalized spacial score (nSPS) is 10.9. The molecule has 0 aliphatic heterocycles. The molecule has 4 nitrogen and oxygen atoms in total. The van der Waals surface area contributed by atoms with Crippen LogP contribution in [0.4, 0.5) is 17.1 Å². The fourth-order valence-electron chi connectivity index (χ4n) is 2.51. The molecule has 0 atom stereocenters. The summed E-state index contributed by atoms with van der Waals surface area (Å²) in [6.45, 7) is 3.91. The molecule has 0 saturated heterocycles. The van der Waals surface area contributed by atoms with E-state index in [-0.39, 0.29) is 0 Å². The van der Waals surface area contributed by atoms with E-state index in [2.05, 4.69) is 22.9 Å². The Balaban J connectivity index is 2.09. The zero-order chi connectivity index (χ0) is 14.3. The third-order valence-electron chi connectivity index (χ3n) is 3.47. The van der Waals surface area contributed by atoms with Crippen LogP contribution < -0.4 is 10.6 Å². The standard InChI is InChI=1S/C16H17N3O/c1-10-5-4-6-13(17)16(10)19(3)12-7-8-15-14(9-12)18-11(2)20-15/h4-9H,17H2,1-3H3. The maximum absolute atomic E-state index is 6.10. The van der Waals surface area contributed by atoms with Crippen molar-refractivity contribution in [1.29, 1.82) is 0 Å². The van der Waals surface area contributed by atoms with Gasteiger partial charge in [-0.2, -0.15) is 0 Å². The largest absolute Gasteiger partial charge is 0.441 e. The van der Waals surface area contributed by atoms with E-state index in [9.17, 15) is 0 Å². The first-order chi connectivity index (χ1) is 9.56. The van der Waals surface area contributed by atoms with Crippen LogP contribution in [0, 0.1) is 13.8 Å². The Bertz CT molecular complexity index is 756. The van der Waals surface area contributed by atoms with Gasteiger partial charge in [-0.05, 0) is 36.8 Å². The predicted octanol–water partition coefficient (Wildman–Crippen LogP) is 3.79. The van der Waals surface area contributed by atoms with Gasteiger partial charge in [0, 0.05) is 19.7 Å². The lowest BCUT2D eigenvalue weighted by atomic mass is 10.1. The van der Waals surface area contributed by atoms with Crippen LogP contribution in [-0.2, 0) is 0 Å². The van der Waals surface area contributed by atoms with E-state index < -0.39 is 0 Å². The van der Waals surface area contributed by atoms with Crippen LogP contribution in [0.15, 0.2) is 40.8 Å². The second-order valence-electron chi connectivity index (χ2n) is 4.96. The van der Waals surface area contributed by atoms with Crippen molar-refractivity contribution in [3.8, 4) is 0 Å². The highest BCUT2D eigenvalue weighted by atomic mass is 16.3. The fraction of sp³-hybridized carbons (Fsp3) is 0.188. The molecule has 0 aliphatic rings. The van der Waals surface area contributed by atoms with E-state index in [1.807, 2.05) is 44.3 Å². The number of aryl methyl sites for hydroxylation is 2. The Kier molecular flexibility index (Phi) is 2.86. The maximum Gasteiger partial charge on any atom is 0.192 e. The number of fused-ring (bicyclic) bond motifs is 1. The summed E-state index contributed by atoms with van der Waals surface area (Å²) in [7, 11) is 2.01. The number of benzene rings is 2. The van der Waals surface area contributed by atoms with Crippen molar-refractivity contribution in [2.45, 2.75) is 13.8 Å². The average molecular weight is 267 g/mol. The minimum Gasteiger partial charge on any atom is -0.441 e. The number of anilines is 3. The number of rotatable bonds is 2. The van der Waals surface area contributed by atoms with E-state index in [1.165, 1.54) is 0 Å². The molecule has 3 rings (SSSR count). The quantitative estimate of drug-likeness (QED) is 0.718. The predicted molar refractivity (Wildman–Crippen MR) is 82.4 cm³/mol. The van der Waals surface area contributed by atoms with Crippen molar-refractivity contribution in [2.24, 2.45) is 0 Å². The van der Waals surface area contributed by atoms with E-state index in [4.69, 9.17) is 10.2 Å². The Hall–Kier alpha value is -2.49. The second kappa shape index (κ2) is 4.56. The number of nitrogen functional groups attached to an aromatic ring is 1. The number of aromatic nitrogens is 1. The zero-order valence-electron chi connectivity index (χ0n) is 11.8. The topological polar surface area (TPSA) is 55.3 Å². The molecule has 102 valence electrons. The molecule has 0 unspecified atom stereocenters. The third kappa shape index (κ3) is 1.99. The number of nitrogens with two attached hydrogens (primary N) is 1. The molecule has 0 spiro atoms. The number of hydrogen-bond acceptors (Lipinski definition) is 4. The first kappa shape index (κ1) is 12.5. The Labute approximate surface area is 117 Å². The molecule has 1 heterocycles. The highest BCUT2D eigenvalue weighted by molar-refractivity contribution is 5.83. The van der Waals surface area contributed by atoms with Crippen LogP contribution >= 0.6 is 0 Å². The number of para-hydroxylation sites is 1. The summed E-state index contributed by atoms with van der Waals surface area (Å²) in [6.07, 6.45) is 0. The maximum atomic E-state index is 6.10. The molecule has 1 aromatic heterocycles. The van der Waals surface area contributed by atoms with Gasteiger partial charge >= 0.3 is 0 Å². The monoisotopic (exact) mass is 267 g/mol. The molecule has 0 bridgehead atoms. The Morgan fingerprint density at radius 3 is 2.70 bits per heavy atom. The SMILES string of the molecule is Cc1nc2cc(N(C)c3c(C)cccc3N)ccc2o1. The van der Waals surface area contributed by atoms with Crippen LogP contribution in [0.5, 0.6) is 0 Å². The Morgan fingerprint density at radius 1 is 1.15 bits per heavy atom. The summed E-state index contributed by atoms with van der Waals surface area (Å²) in [6, 6.07) is 11.9. The third-order valence-corrected chi connectivity index (χ3v) is 3.47. The highest BCUT2D eigenvalue weighted by Gasteiger charge is 2.12. The summed E-state index contributed by atoms with van der Waals surface area (Å²) in [5, 5.41) is 0. The van der Waals surface area contributed by atoms with Gasteiger partial charge in [-0.25, -0.2) is 4.98 Å². The molecule has 0 fully saturated rings. The lowest BCUT2D eigenvalue weighted by molar-refractivity contribution is 0.561. The molecule has 3 aromatic rings. The minimum atomic E-state index is 0.676. The summed E-state index contributed by atoms with van der Waals surface area (Å²) in [5.41, 5.74) is 11.7. The first-order valence-corrected chi connectivity index (χ1v) is 6.52. The molecule has 2 N–H and O–H groups in total. The van der Waals surface area contributed by atoms with Gasteiger partial charge in [0.15, 0.2) is 11.5 Å². The number of hydrogen-bond donors (Lipinski definition) is 1. The molecule has 0 amide bonds. The first-order valence-electron chi connectivity index (χ1n) is 6.52. The summed E-state index contributed by atoms with van der Waals surface area (Å²) in [5.74, 6) is 0.676. The van der Waals surface area contributed by atoms with Gasteiger partial charge in [-0.15, -0.1) is 0 Å². The summed E-state index contributed by atoms with van der Waals surface area (Å²) >= 11 is 0. The van der Waals surface area contributed by atoms with Crippen LogP contribution in [0.2, 0.25) is 0 Å². The van der Waals surface area contributed by atoms with Gasteiger partial charge in [0.05, 0.1) is 11.4 Å². The van der Waals surface area contributed by atoms with Gasteiger partial charge in [0.25, 0.3) is 0 Å². The second-order valence-corrected chi connectivity index (χ2v) is 4.96. The van der Waals surface area contributed by atoms with Gasteiger partial charge in [0.2, 0.25) is 0 Å². The summed E-state index contributed by atoms with van der Waals surface area (Å²) in [4.78, 5) is 6.45. The van der Waals surface area contributed by atoms with Crippen molar-refractivity contribution in [2.75, 3.05) is 17.7 Å². The van der Waals surface area contributed by atoms with Crippen LogP contribution in [0.3, 0.4) is 0 Å². The highest BCUT2D eigenvalue weighted by Crippen LogP contribution is 2.33. The molecule has 4 heteroatoms. The van der Waals surface area contributed by atoms with Crippen molar-refractivity contribution >= 4 is 28.2 Å². The molecule has 0 aliphatic carbocycles. The number of nitrogens with zero attached hydrogens (tertiary/aromatic N) is 2. The lowest BCUT2D eigenvalue weighted by Gasteiger charge is -2.23. The zero-order valence-corrected chi connectivity index (χ0v) is 11.8. The molecule has 20 heavy (non-hydrogen) atoms.